The maximum atomic E-state index is 10.8. The molecule has 0 amide bonds. The third kappa shape index (κ3) is 2.88. The van der Waals surface area contributed by atoms with Crippen LogP contribution in [-0.2, 0) is 4.74 Å². The number of fused-ring (bicyclic) bond motifs is 1. The van der Waals surface area contributed by atoms with Crippen molar-refractivity contribution in [2.45, 2.75) is 13.0 Å². The Bertz CT molecular complexity index is 364. The third-order valence-electron chi connectivity index (χ3n) is 1.82. The lowest BCUT2D eigenvalue weighted by Crippen LogP contribution is -2.03. The second kappa shape index (κ2) is 5.39. The number of hydrogen-bond donors (Lipinski definition) is 2. The van der Waals surface area contributed by atoms with E-state index in [1.165, 1.54) is 6.92 Å². The van der Waals surface area contributed by atoms with Crippen LogP contribution < -0.4 is 0 Å². The van der Waals surface area contributed by atoms with Crippen molar-refractivity contribution in [3.8, 4) is 0 Å². The fraction of sp³-hybridized carbons (Fsp3) is 0.273. The molecule has 1 aromatic rings. The van der Waals surface area contributed by atoms with E-state index in [1.807, 2.05) is 0 Å². The lowest BCUT2D eigenvalue weighted by Gasteiger charge is -1.90. The SMILES string of the molecule is CC(O)CO.O=C1OC(=O)c2ccccc21. The van der Waals surface area contributed by atoms with Crippen molar-refractivity contribution in [2.75, 3.05) is 6.61 Å². The van der Waals surface area contributed by atoms with Crippen LogP contribution in [0.1, 0.15) is 27.6 Å². The molecule has 16 heavy (non-hydrogen) atoms. The minimum atomic E-state index is -0.560. The number of aliphatic hydroxyl groups excluding tert-OH is 2. The van der Waals surface area contributed by atoms with E-state index in [0.29, 0.717) is 11.1 Å². The number of ether oxygens (including phenoxy) is 1. The molecule has 0 aromatic heterocycles. The Morgan fingerprint density at radius 1 is 1.19 bits per heavy atom. The van der Waals surface area contributed by atoms with Crippen LogP contribution in [0.4, 0.5) is 0 Å². The molecule has 0 saturated heterocycles. The highest BCUT2D eigenvalue weighted by Gasteiger charge is 2.28. The van der Waals surface area contributed by atoms with Crippen LogP contribution in [0.3, 0.4) is 0 Å². The van der Waals surface area contributed by atoms with Crippen LogP contribution in [0.5, 0.6) is 0 Å². The Hall–Kier alpha value is -1.72. The number of esters is 2. The highest BCUT2D eigenvalue weighted by Crippen LogP contribution is 2.18. The smallest absolute Gasteiger partial charge is 0.346 e. The molecule has 1 aromatic carbocycles. The Labute approximate surface area is 92.3 Å². The first kappa shape index (κ1) is 12.4. The van der Waals surface area contributed by atoms with Crippen molar-refractivity contribution in [3.05, 3.63) is 35.4 Å². The maximum absolute atomic E-state index is 10.8. The van der Waals surface area contributed by atoms with Gasteiger partial charge in [0, 0.05) is 0 Å². The van der Waals surface area contributed by atoms with Gasteiger partial charge in [0.15, 0.2) is 0 Å². The van der Waals surface area contributed by atoms with Gasteiger partial charge in [-0.3, -0.25) is 0 Å². The molecule has 0 aliphatic carbocycles. The zero-order valence-electron chi connectivity index (χ0n) is 8.71. The number of aliphatic hydroxyl groups is 2. The molecule has 1 unspecified atom stereocenters. The molecule has 1 aliphatic heterocycles. The van der Waals surface area contributed by atoms with E-state index >= 15 is 0 Å². The first-order valence-corrected chi connectivity index (χ1v) is 4.70. The van der Waals surface area contributed by atoms with Crippen molar-refractivity contribution in [3.63, 3.8) is 0 Å². The predicted molar refractivity (Wildman–Crippen MR) is 55.0 cm³/mol. The molecule has 1 aliphatic rings. The molecular weight excluding hydrogens is 212 g/mol. The number of cyclic esters (lactones) is 2. The first-order valence-electron chi connectivity index (χ1n) is 4.70. The molecule has 0 spiro atoms. The van der Waals surface area contributed by atoms with Crippen molar-refractivity contribution in [1.29, 1.82) is 0 Å². The van der Waals surface area contributed by atoms with E-state index in [0.717, 1.165) is 0 Å². The van der Waals surface area contributed by atoms with Gasteiger partial charge in [-0.05, 0) is 19.1 Å². The largest absolute Gasteiger partial charge is 0.394 e. The first-order chi connectivity index (χ1) is 7.56. The lowest BCUT2D eigenvalue weighted by atomic mass is 10.1. The zero-order valence-corrected chi connectivity index (χ0v) is 8.71. The van der Waals surface area contributed by atoms with Crippen molar-refractivity contribution >= 4 is 11.9 Å². The van der Waals surface area contributed by atoms with Crippen LogP contribution in [0, 0.1) is 0 Å². The van der Waals surface area contributed by atoms with Crippen molar-refractivity contribution < 1.29 is 24.5 Å². The van der Waals surface area contributed by atoms with Gasteiger partial charge in [-0.2, -0.15) is 0 Å². The molecule has 5 nitrogen and oxygen atoms in total. The van der Waals surface area contributed by atoms with Gasteiger partial charge in [0.25, 0.3) is 0 Å². The predicted octanol–water partition coefficient (Wildman–Crippen LogP) is 0.357. The molecule has 1 atom stereocenters. The van der Waals surface area contributed by atoms with Gasteiger partial charge < -0.3 is 14.9 Å². The topological polar surface area (TPSA) is 83.8 Å². The fourth-order valence-corrected chi connectivity index (χ4v) is 1.03. The van der Waals surface area contributed by atoms with Crippen LogP contribution in [0.2, 0.25) is 0 Å². The summed E-state index contributed by atoms with van der Waals surface area (Å²) in [5.41, 5.74) is 0.718. The molecule has 5 heteroatoms. The minimum absolute atomic E-state index is 0.139. The average Bonchev–Trinajstić information content (AvgIpc) is 2.56. The van der Waals surface area contributed by atoms with E-state index < -0.39 is 18.0 Å². The van der Waals surface area contributed by atoms with E-state index in [9.17, 15) is 9.59 Å². The molecule has 0 fully saturated rings. The Kier molecular flexibility index (Phi) is 4.16. The average molecular weight is 224 g/mol. The van der Waals surface area contributed by atoms with Gasteiger partial charge in [0.1, 0.15) is 0 Å². The van der Waals surface area contributed by atoms with Crippen LogP contribution in [0.25, 0.3) is 0 Å². The molecule has 0 saturated carbocycles. The van der Waals surface area contributed by atoms with Crippen LogP contribution >= 0.6 is 0 Å². The maximum Gasteiger partial charge on any atom is 0.346 e. The lowest BCUT2D eigenvalue weighted by molar-refractivity contribution is 0.0444. The van der Waals surface area contributed by atoms with Crippen LogP contribution in [0.15, 0.2) is 24.3 Å². The molecule has 2 N–H and O–H groups in total. The van der Waals surface area contributed by atoms with E-state index in [2.05, 4.69) is 4.74 Å². The van der Waals surface area contributed by atoms with E-state index in [-0.39, 0.29) is 6.61 Å². The second-order valence-electron chi connectivity index (χ2n) is 3.25. The monoisotopic (exact) mass is 224 g/mol. The van der Waals surface area contributed by atoms with Gasteiger partial charge in [0.05, 0.1) is 23.8 Å². The van der Waals surface area contributed by atoms with Crippen LogP contribution in [-0.4, -0.2) is 34.9 Å². The summed E-state index contributed by atoms with van der Waals surface area (Å²) in [5.74, 6) is -1.10. The molecule has 1 heterocycles. The molecule has 0 bridgehead atoms. The highest BCUT2D eigenvalue weighted by atomic mass is 16.6. The summed E-state index contributed by atoms with van der Waals surface area (Å²) in [6.07, 6.45) is -0.560. The number of carbonyl (C=O) groups is 2. The van der Waals surface area contributed by atoms with Gasteiger partial charge in [-0.25, -0.2) is 9.59 Å². The quantitative estimate of drug-likeness (QED) is 0.531. The van der Waals surface area contributed by atoms with E-state index in [4.69, 9.17) is 10.2 Å². The Morgan fingerprint density at radius 2 is 1.56 bits per heavy atom. The number of hydrogen-bond acceptors (Lipinski definition) is 5. The van der Waals surface area contributed by atoms with Crippen molar-refractivity contribution in [1.82, 2.24) is 0 Å². The summed E-state index contributed by atoms with van der Waals surface area (Å²) in [5, 5.41) is 16.0. The molecule has 86 valence electrons. The normalized spacial score (nSPS) is 14.7. The van der Waals surface area contributed by atoms with Gasteiger partial charge in [-0.15, -0.1) is 0 Å². The summed E-state index contributed by atoms with van der Waals surface area (Å²) in [4.78, 5) is 21.7. The Balaban J connectivity index is 0.000000221. The molecule has 2 rings (SSSR count). The highest BCUT2D eigenvalue weighted by molar-refractivity contribution is 6.14. The fourth-order valence-electron chi connectivity index (χ4n) is 1.03. The summed E-state index contributed by atoms with van der Waals surface area (Å²) in [6, 6.07) is 6.53. The van der Waals surface area contributed by atoms with E-state index in [1.54, 1.807) is 24.3 Å². The summed E-state index contributed by atoms with van der Waals surface area (Å²) in [7, 11) is 0. The standard InChI is InChI=1S/C8H4O3.C3H8O2/c9-7-5-3-1-2-4-6(5)8(10)11-7;1-3(5)2-4/h1-4H;3-5H,2H2,1H3. The number of carbonyl (C=O) groups excluding carboxylic acids is 2. The molecular formula is C11H12O5. The van der Waals surface area contributed by atoms with Gasteiger partial charge in [-0.1, -0.05) is 12.1 Å². The van der Waals surface area contributed by atoms with Gasteiger partial charge in [0.2, 0.25) is 0 Å². The zero-order chi connectivity index (χ0) is 12.1. The third-order valence-corrected chi connectivity index (χ3v) is 1.82. The van der Waals surface area contributed by atoms with Crippen molar-refractivity contribution in [2.24, 2.45) is 0 Å². The Morgan fingerprint density at radius 3 is 1.88 bits per heavy atom. The number of rotatable bonds is 1. The summed E-state index contributed by atoms with van der Waals surface area (Å²) < 4.78 is 4.35. The summed E-state index contributed by atoms with van der Waals surface area (Å²) in [6.45, 7) is 1.39. The number of benzene rings is 1. The van der Waals surface area contributed by atoms with Gasteiger partial charge >= 0.3 is 11.9 Å². The molecule has 0 radical (unpaired) electrons. The minimum Gasteiger partial charge on any atom is -0.394 e. The summed E-state index contributed by atoms with van der Waals surface area (Å²) >= 11 is 0. The second-order valence-corrected chi connectivity index (χ2v) is 3.25.